The van der Waals surface area contributed by atoms with Crippen LogP contribution in [0.5, 0.6) is 0 Å². The fraction of sp³-hybridized carbons (Fsp3) is 1.00. The van der Waals surface area contributed by atoms with E-state index in [1.165, 1.54) is 4.31 Å². The van der Waals surface area contributed by atoms with Gasteiger partial charge in [0.15, 0.2) is 0 Å². The Morgan fingerprint density at radius 3 is 2.42 bits per heavy atom. The summed E-state index contributed by atoms with van der Waals surface area (Å²) in [7, 11) is -3.45. The van der Waals surface area contributed by atoms with Gasteiger partial charge in [0, 0.05) is 25.2 Å². The van der Waals surface area contributed by atoms with Crippen molar-refractivity contribution in [3.63, 3.8) is 0 Å². The van der Waals surface area contributed by atoms with Crippen molar-refractivity contribution in [2.24, 2.45) is 11.7 Å². The van der Waals surface area contributed by atoms with Crippen molar-refractivity contribution >= 4 is 10.2 Å². The average Bonchev–Trinajstić information content (AvgIpc) is 2.42. The summed E-state index contributed by atoms with van der Waals surface area (Å²) in [5, 5.41) is 0. The molecule has 2 fully saturated rings. The van der Waals surface area contributed by atoms with Gasteiger partial charge in [-0.1, -0.05) is 6.92 Å². The van der Waals surface area contributed by atoms with Gasteiger partial charge in [0.1, 0.15) is 0 Å². The second kappa shape index (κ2) is 6.05. The van der Waals surface area contributed by atoms with Crippen LogP contribution in [0.2, 0.25) is 0 Å². The summed E-state index contributed by atoms with van der Waals surface area (Å²) < 4.78 is 34.3. The van der Waals surface area contributed by atoms with Gasteiger partial charge in [-0.2, -0.15) is 17.4 Å². The quantitative estimate of drug-likeness (QED) is 0.767. The van der Waals surface area contributed by atoms with Crippen LogP contribution < -0.4 is 10.5 Å². The molecule has 1 heterocycles. The minimum absolute atomic E-state index is 0.364. The number of nitrogens with one attached hydrogen (secondary N) is 1. The van der Waals surface area contributed by atoms with E-state index >= 15 is 0 Å². The number of hydrogen-bond acceptors (Lipinski definition) is 4. The monoisotopic (exact) mass is 291 g/mol. The molecule has 2 rings (SSSR count). The second-order valence-electron chi connectivity index (χ2n) is 5.79. The fourth-order valence-electron chi connectivity index (χ4n) is 2.79. The topological polar surface area (TPSA) is 84.7 Å². The minimum Gasteiger partial charge on any atom is -0.379 e. The minimum atomic E-state index is -3.45. The molecule has 0 spiro atoms. The predicted octanol–water partition coefficient (Wildman–Crippen LogP) is 0.0606. The van der Waals surface area contributed by atoms with Gasteiger partial charge >= 0.3 is 0 Å². The Bertz CT molecular complexity index is 385. The van der Waals surface area contributed by atoms with Crippen LogP contribution in [-0.2, 0) is 14.9 Å². The van der Waals surface area contributed by atoms with E-state index in [0.29, 0.717) is 38.8 Å². The zero-order chi connectivity index (χ0) is 13.9. The van der Waals surface area contributed by atoms with Gasteiger partial charge in [-0.15, -0.1) is 0 Å². The number of nitrogens with two attached hydrogens (primary N) is 1. The highest BCUT2D eigenvalue weighted by atomic mass is 32.2. The van der Waals surface area contributed by atoms with Crippen LogP contribution in [0, 0.1) is 5.92 Å². The van der Waals surface area contributed by atoms with Crippen molar-refractivity contribution in [2.45, 2.75) is 38.1 Å². The maximum atomic E-state index is 12.4. The molecule has 3 N–H and O–H groups in total. The SMILES string of the molecule is CC1CCC(CN)(NS(=O)(=O)N2CCOCC2)CC1. The Balaban J connectivity index is 2.04. The molecule has 1 aliphatic heterocycles. The van der Waals surface area contributed by atoms with Crippen molar-refractivity contribution in [2.75, 3.05) is 32.8 Å². The lowest BCUT2D eigenvalue weighted by atomic mass is 9.78. The van der Waals surface area contributed by atoms with Gasteiger partial charge in [-0.05, 0) is 31.6 Å². The van der Waals surface area contributed by atoms with E-state index in [1.807, 2.05) is 0 Å². The van der Waals surface area contributed by atoms with Crippen LogP contribution in [0.1, 0.15) is 32.6 Å². The normalized spacial score (nSPS) is 34.3. The van der Waals surface area contributed by atoms with E-state index in [2.05, 4.69) is 11.6 Å². The van der Waals surface area contributed by atoms with Crippen molar-refractivity contribution in [1.29, 1.82) is 0 Å². The van der Waals surface area contributed by atoms with Crippen molar-refractivity contribution in [1.82, 2.24) is 9.03 Å². The van der Waals surface area contributed by atoms with E-state index in [4.69, 9.17) is 10.5 Å². The Labute approximate surface area is 115 Å². The molecule has 0 aromatic carbocycles. The van der Waals surface area contributed by atoms with Crippen LogP contribution in [0.25, 0.3) is 0 Å². The van der Waals surface area contributed by atoms with Gasteiger partial charge < -0.3 is 10.5 Å². The van der Waals surface area contributed by atoms with Crippen molar-refractivity contribution in [3.8, 4) is 0 Å². The second-order valence-corrected chi connectivity index (χ2v) is 7.46. The molecule has 0 bridgehead atoms. The Hall–Kier alpha value is -0.210. The van der Waals surface area contributed by atoms with Gasteiger partial charge in [0.05, 0.1) is 13.2 Å². The summed E-state index contributed by atoms with van der Waals surface area (Å²) in [5.41, 5.74) is 5.40. The number of hydrogen-bond donors (Lipinski definition) is 2. The van der Waals surface area contributed by atoms with Gasteiger partial charge in [0.2, 0.25) is 0 Å². The molecule has 0 atom stereocenters. The molecule has 112 valence electrons. The molecule has 7 heteroatoms. The molecule has 0 unspecified atom stereocenters. The molecular weight excluding hydrogens is 266 g/mol. The zero-order valence-corrected chi connectivity index (χ0v) is 12.4. The summed E-state index contributed by atoms with van der Waals surface area (Å²) in [6.07, 6.45) is 3.72. The molecular formula is C12H25N3O3S. The maximum Gasteiger partial charge on any atom is 0.280 e. The van der Waals surface area contributed by atoms with Crippen LogP contribution in [0.3, 0.4) is 0 Å². The van der Waals surface area contributed by atoms with E-state index in [-0.39, 0.29) is 0 Å². The molecule has 0 radical (unpaired) electrons. The first-order valence-electron chi connectivity index (χ1n) is 7.04. The molecule has 0 amide bonds. The van der Waals surface area contributed by atoms with E-state index < -0.39 is 15.7 Å². The van der Waals surface area contributed by atoms with Crippen LogP contribution in [0.4, 0.5) is 0 Å². The lowest BCUT2D eigenvalue weighted by Crippen LogP contribution is -2.59. The molecule has 1 saturated heterocycles. The Morgan fingerprint density at radius 1 is 1.32 bits per heavy atom. The number of nitrogens with zero attached hydrogens (tertiary/aromatic N) is 1. The maximum absolute atomic E-state index is 12.4. The van der Waals surface area contributed by atoms with E-state index in [1.54, 1.807) is 0 Å². The highest BCUT2D eigenvalue weighted by molar-refractivity contribution is 7.87. The first kappa shape index (κ1) is 15.2. The summed E-state index contributed by atoms with van der Waals surface area (Å²) in [6, 6.07) is 0. The molecule has 1 aliphatic carbocycles. The third-order valence-corrected chi connectivity index (χ3v) is 6.01. The van der Waals surface area contributed by atoms with Crippen LogP contribution in [0.15, 0.2) is 0 Å². The highest BCUT2D eigenvalue weighted by Crippen LogP contribution is 2.32. The number of morpholine rings is 1. The van der Waals surface area contributed by atoms with E-state index in [0.717, 1.165) is 25.7 Å². The van der Waals surface area contributed by atoms with Crippen molar-refractivity contribution in [3.05, 3.63) is 0 Å². The lowest BCUT2D eigenvalue weighted by molar-refractivity contribution is 0.0715. The van der Waals surface area contributed by atoms with Crippen LogP contribution in [-0.4, -0.2) is 51.1 Å². The molecule has 2 aliphatic rings. The van der Waals surface area contributed by atoms with Crippen LogP contribution >= 0.6 is 0 Å². The average molecular weight is 291 g/mol. The number of rotatable bonds is 4. The number of ether oxygens (including phenoxy) is 1. The third-order valence-electron chi connectivity index (χ3n) is 4.28. The van der Waals surface area contributed by atoms with Gasteiger partial charge in [0.25, 0.3) is 10.2 Å². The predicted molar refractivity (Wildman–Crippen MR) is 73.9 cm³/mol. The largest absolute Gasteiger partial charge is 0.379 e. The summed E-state index contributed by atoms with van der Waals surface area (Å²) in [5.74, 6) is 0.660. The van der Waals surface area contributed by atoms with E-state index in [9.17, 15) is 8.42 Å². The lowest BCUT2D eigenvalue weighted by Gasteiger charge is -2.40. The zero-order valence-electron chi connectivity index (χ0n) is 11.6. The molecule has 0 aromatic heterocycles. The summed E-state index contributed by atoms with van der Waals surface area (Å²) >= 11 is 0. The summed E-state index contributed by atoms with van der Waals surface area (Å²) in [6.45, 7) is 4.35. The fourth-order valence-corrected chi connectivity index (χ4v) is 4.38. The Morgan fingerprint density at radius 2 is 1.89 bits per heavy atom. The standard InChI is InChI=1S/C12H25N3O3S/c1-11-2-4-12(10-13,5-3-11)14-19(16,17)15-6-8-18-9-7-15/h11,14H,2-10,13H2,1H3. The molecule has 6 nitrogen and oxygen atoms in total. The smallest absolute Gasteiger partial charge is 0.280 e. The Kier molecular flexibility index (Phi) is 4.84. The molecule has 0 aromatic rings. The highest BCUT2D eigenvalue weighted by Gasteiger charge is 2.38. The first-order valence-corrected chi connectivity index (χ1v) is 8.48. The van der Waals surface area contributed by atoms with Gasteiger partial charge in [-0.25, -0.2) is 0 Å². The third kappa shape index (κ3) is 3.66. The molecule has 19 heavy (non-hydrogen) atoms. The van der Waals surface area contributed by atoms with Gasteiger partial charge in [-0.3, -0.25) is 0 Å². The van der Waals surface area contributed by atoms with Crippen molar-refractivity contribution < 1.29 is 13.2 Å². The molecule has 1 saturated carbocycles. The summed E-state index contributed by atoms with van der Waals surface area (Å²) in [4.78, 5) is 0. The first-order chi connectivity index (χ1) is 8.97.